The first kappa shape index (κ1) is 23.6. The number of sulfonamides is 2. The van der Waals surface area contributed by atoms with Crippen molar-refractivity contribution in [1.82, 2.24) is 0 Å². The topological polar surface area (TPSA) is 113 Å². The number of para-hydroxylation sites is 1. The lowest BCUT2D eigenvalue weighted by atomic mass is 10.1. The molecule has 0 radical (unpaired) electrons. The van der Waals surface area contributed by atoms with Gasteiger partial charge in [0.25, 0.3) is 15.9 Å². The molecule has 0 heterocycles. The summed E-state index contributed by atoms with van der Waals surface area (Å²) in [5.74, 6) is -0.536. The van der Waals surface area contributed by atoms with Crippen molar-refractivity contribution in [3.05, 3.63) is 83.4 Å². The molecule has 8 nitrogen and oxygen atoms in total. The highest BCUT2D eigenvalue weighted by atomic mass is 35.5. The van der Waals surface area contributed by atoms with Crippen LogP contribution < -0.4 is 14.3 Å². The van der Waals surface area contributed by atoms with Crippen LogP contribution in [-0.2, 0) is 20.0 Å². The fourth-order valence-corrected chi connectivity index (χ4v) is 4.47. The standard InChI is InChI=1S/C21H20ClN3O5S2/c1-25(31(2,27)28)20-6-4-3-5-19(20)21(26)23-16-11-13-18(14-12-16)32(29,30)24-17-9-7-15(22)8-10-17/h3-14,24H,1-2H3,(H,23,26). The van der Waals surface area contributed by atoms with E-state index in [0.717, 1.165) is 10.6 Å². The molecule has 32 heavy (non-hydrogen) atoms. The Hall–Kier alpha value is -3.08. The van der Waals surface area contributed by atoms with Crippen molar-refractivity contribution >= 4 is 54.6 Å². The van der Waals surface area contributed by atoms with E-state index < -0.39 is 26.0 Å². The van der Waals surface area contributed by atoms with E-state index in [-0.39, 0.29) is 16.1 Å². The van der Waals surface area contributed by atoms with E-state index in [2.05, 4.69) is 10.0 Å². The molecule has 2 N–H and O–H groups in total. The first-order chi connectivity index (χ1) is 15.0. The highest BCUT2D eigenvalue weighted by Gasteiger charge is 2.20. The largest absolute Gasteiger partial charge is 0.322 e. The molecular weight excluding hydrogens is 474 g/mol. The lowest BCUT2D eigenvalue weighted by Crippen LogP contribution is -2.27. The number of benzene rings is 3. The van der Waals surface area contributed by atoms with E-state index in [1.165, 1.54) is 43.4 Å². The molecule has 3 aromatic rings. The number of carbonyl (C=O) groups excluding carboxylic acids is 1. The molecule has 0 aliphatic carbocycles. The molecule has 0 aliphatic heterocycles. The number of nitrogens with zero attached hydrogens (tertiary/aromatic N) is 1. The summed E-state index contributed by atoms with van der Waals surface area (Å²) in [5.41, 5.74) is 1.08. The van der Waals surface area contributed by atoms with Crippen molar-refractivity contribution in [2.24, 2.45) is 0 Å². The van der Waals surface area contributed by atoms with Crippen molar-refractivity contribution in [2.45, 2.75) is 4.90 Å². The Bertz CT molecular complexity index is 1340. The van der Waals surface area contributed by atoms with Gasteiger partial charge in [0.1, 0.15) is 0 Å². The Morgan fingerprint density at radius 2 is 1.41 bits per heavy atom. The summed E-state index contributed by atoms with van der Waals surface area (Å²) in [4.78, 5) is 12.7. The maximum absolute atomic E-state index is 12.7. The molecule has 1 amide bonds. The van der Waals surface area contributed by atoms with Gasteiger partial charge < -0.3 is 5.32 Å². The summed E-state index contributed by atoms with van der Waals surface area (Å²) in [7, 11) is -6.04. The Morgan fingerprint density at radius 3 is 2.00 bits per heavy atom. The molecule has 168 valence electrons. The molecule has 0 aromatic heterocycles. The highest BCUT2D eigenvalue weighted by molar-refractivity contribution is 7.92. The van der Waals surface area contributed by atoms with Crippen LogP contribution in [0.25, 0.3) is 0 Å². The van der Waals surface area contributed by atoms with E-state index in [0.29, 0.717) is 16.4 Å². The molecule has 0 saturated heterocycles. The fraction of sp³-hybridized carbons (Fsp3) is 0.0952. The van der Waals surface area contributed by atoms with E-state index in [9.17, 15) is 21.6 Å². The number of carbonyl (C=O) groups is 1. The second kappa shape index (κ2) is 9.19. The molecule has 0 saturated carbocycles. The van der Waals surface area contributed by atoms with Crippen LogP contribution in [0.1, 0.15) is 10.4 Å². The average molecular weight is 494 g/mol. The summed E-state index contributed by atoms with van der Waals surface area (Å²) >= 11 is 5.81. The normalized spacial score (nSPS) is 11.6. The summed E-state index contributed by atoms with van der Waals surface area (Å²) in [5, 5.41) is 3.13. The zero-order valence-corrected chi connectivity index (χ0v) is 19.5. The van der Waals surface area contributed by atoms with Crippen molar-refractivity contribution < 1.29 is 21.6 Å². The van der Waals surface area contributed by atoms with Gasteiger partial charge in [-0.05, 0) is 60.7 Å². The van der Waals surface area contributed by atoms with Gasteiger partial charge in [-0.1, -0.05) is 23.7 Å². The second-order valence-electron chi connectivity index (χ2n) is 6.84. The monoisotopic (exact) mass is 493 g/mol. The molecular formula is C21H20ClN3O5S2. The van der Waals surface area contributed by atoms with Crippen molar-refractivity contribution in [2.75, 3.05) is 27.6 Å². The first-order valence-corrected chi connectivity index (χ1v) is 12.9. The summed E-state index contributed by atoms with van der Waals surface area (Å²) in [6.07, 6.45) is 1.04. The molecule has 0 fully saturated rings. The van der Waals surface area contributed by atoms with Gasteiger partial charge in [-0.25, -0.2) is 16.8 Å². The predicted octanol–water partition coefficient (Wildman–Crippen LogP) is 3.79. The molecule has 0 aliphatic rings. The van der Waals surface area contributed by atoms with Crippen LogP contribution in [0.5, 0.6) is 0 Å². The number of anilines is 3. The Morgan fingerprint density at radius 1 is 0.844 bits per heavy atom. The van der Waals surface area contributed by atoms with E-state index in [1.54, 1.807) is 36.4 Å². The van der Waals surface area contributed by atoms with Crippen LogP contribution in [0.15, 0.2) is 77.7 Å². The van der Waals surface area contributed by atoms with Gasteiger partial charge in [0, 0.05) is 23.4 Å². The minimum Gasteiger partial charge on any atom is -0.322 e. The molecule has 0 spiro atoms. The number of nitrogens with one attached hydrogen (secondary N) is 2. The zero-order valence-electron chi connectivity index (χ0n) is 17.1. The lowest BCUT2D eigenvalue weighted by molar-refractivity contribution is 0.102. The quantitative estimate of drug-likeness (QED) is 0.520. The van der Waals surface area contributed by atoms with Crippen LogP contribution in [0.4, 0.5) is 17.1 Å². The third-order valence-electron chi connectivity index (χ3n) is 4.50. The average Bonchev–Trinajstić information content (AvgIpc) is 2.74. The molecule has 0 bridgehead atoms. The van der Waals surface area contributed by atoms with Crippen molar-refractivity contribution in [1.29, 1.82) is 0 Å². The lowest BCUT2D eigenvalue weighted by Gasteiger charge is -2.19. The predicted molar refractivity (Wildman–Crippen MR) is 126 cm³/mol. The number of halogens is 1. The second-order valence-corrected chi connectivity index (χ2v) is 11.0. The maximum Gasteiger partial charge on any atom is 0.261 e. The first-order valence-electron chi connectivity index (χ1n) is 9.20. The minimum atomic E-state index is -3.84. The smallest absolute Gasteiger partial charge is 0.261 e. The number of rotatable bonds is 7. The summed E-state index contributed by atoms with van der Waals surface area (Å²) in [6, 6.07) is 18.1. The van der Waals surface area contributed by atoms with Gasteiger partial charge in [-0.2, -0.15) is 0 Å². The van der Waals surface area contributed by atoms with Crippen LogP contribution in [0.3, 0.4) is 0 Å². The third-order valence-corrected chi connectivity index (χ3v) is 7.35. The molecule has 0 atom stereocenters. The van der Waals surface area contributed by atoms with E-state index in [4.69, 9.17) is 11.6 Å². The van der Waals surface area contributed by atoms with E-state index in [1.807, 2.05) is 0 Å². The fourth-order valence-electron chi connectivity index (χ4n) is 2.77. The van der Waals surface area contributed by atoms with Gasteiger partial charge >= 0.3 is 0 Å². The zero-order chi connectivity index (χ0) is 23.5. The van der Waals surface area contributed by atoms with Gasteiger partial charge in [0.15, 0.2) is 0 Å². The van der Waals surface area contributed by atoms with Gasteiger partial charge in [0.05, 0.1) is 22.4 Å². The van der Waals surface area contributed by atoms with Crippen molar-refractivity contribution in [3.8, 4) is 0 Å². The summed E-state index contributed by atoms with van der Waals surface area (Å²) < 4.78 is 52.3. The van der Waals surface area contributed by atoms with Crippen LogP contribution in [-0.4, -0.2) is 36.0 Å². The molecule has 3 aromatic carbocycles. The summed E-state index contributed by atoms with van der Waals surface area (Å²) in [6.45, 7) is 0. The van der Waals surface area contributed by atoms with Gasteiger partial charge in [-0.3, -0.25) is 13.8 Å². The number of hydrogen-bond acceptors (Lipinski definition) is 5. The number of amides is 1. The maximum atomic E-state index is 12.7. The van der Waals surface area contributed by atoms with Gasteiger partial charge in [-0.15, -0.1) is 0 Å². The molecule has 0 unspecified atom stereocenters. The minimum absolute atomic E-state index is 0.00246. The Balaban J connectivity index is 1.78. The van der Waals surface area contributed by atoms with E-state index >= 15 is 0 Å². The van der Waals surface area contributed by atoms with Crippen molar-refractivity contribution in [3.63, 3.8) is 0 Å². The Kier molecular flexibility index (Phi) is 6.77. The molecule has 11 heteroatoms. The SMILES string of the molecule is CN(c1ccccc1C(=O)Nc1ccc(S(=O)(=O)Nc2ccc(Cl)cc2)cc1)S(C)(=O)=O. The number of hydrogen-bond donors (Lipinski definition) is 2. The van der Waals surface area contributed by atoms with Crippen LogP contribution in [0, 0.1) is 0 Å². The molecule has 3 rings (SSSR count). The van der Waals surface area contributed by atoms with Crippen LogP contribution in [0.2, 0.25) is 5.02 Å². The Labute approximate surface area is 191 Å². The highest BCUT2D eigenvalue weighted by Crippen LogP contribution is 2.24. The third kappa shape index (κ3) is 5.58. The van der Waals surface area contributed by atoms with Gasteiger partial charge in [0.2, 0.25) is 10.0 Å². The van der Waals surface area contributed by atoms with Crippen LogP contribution >= 0.6 is 11.6 Å².